The highest BCUT2D eigenvalue weighted by Gasteiger charge is 2.31. The average Bonchev–Trinajstić information content (AvgIpc) is 3.07. The first-order valence-electron chi connectivity index (χ1n) is 9.84. The molecule has 2 amide bonds. The number of para-hydroxylation sites is 2. The Kier molecular flexibility index (Phi) is 5.39. The lowest BCUT2D eigenvalue weighted by atomic mass is 10.1. The van der Waals surface area contributed by atoms with Crippen molar-refractivity contribution in [3.05, 3.63) is 36.0 Å². The molecule has 0 spiro atoms. The van der Waals surface area contributed by atoms with Crippen molar-refractivity contribution in [2.45, 2.75) is 51.5 Å². The van der Waals surface area contributed by atoms with Crippen LogP contribution in [-0.2, 0) is 9.59 Å². The highest BCUT2D eigenvalue weighted by atomic mass is 16.6. The van der Waals surface area contributed by atoms with Crippen LogP contribution in [0.15, 0.2) is 30.3 Å². The van der Waals surface area contributed by atoms with Gasteiger partial charge in [-0.05, 0) is 25.5 Å². The highest BCUT2D eigenvalue weighted by molar-refractivity contribution is 5.94. The summed E-state index contributed by atoms with van der Waals surface area (Å²) in [5.74, 6) is 1.25. The van der Waals surface area contributed by atoms with E-state index < -0.39 is 12.4 Å². The predicted octanol–water partition coefficient (Wildman–Crippen LogP) is 1.70. The zero-order chi connectivity index (χ0) is 20.4. The fourth-order valence-corrected chi connectivity index (χ4v) is 3.59. The Morgan fingerprint density at radius 3 is 2.93 bits per heavy atom. The van der Waals surface area contributed by atoms with E-state index in [-0.39, 0.29) is 24.5 Å². The molecule has 3 heterocycles. The van der Waals surface area contributed by atoms with Crippen LogP contribution in [0.5, 0.6) is 11.5 Å². The summed E-state index contributed by atoms with van der Waals surface area (Å²) in [5, 5.41) is 13.6. The van der Waals surface area contributed by atoms with E-state index in [4.69, 9.17) is 9.47 Å². The number of rotatable bonds is 5. The minimum Gasteiger partial charge on any atom is -0.485 e. The Morgan fingerprint density at radius 1 is 1.34 bits per heavy atom. The van der Waals surface area contributed by atoms with Gasteiger partial charge in [0.15, 0.2) is 17.8 Å². The Morgan fingerprint density at radius 2 is 2.14 bits per heavy atom. The molecule has 0 bridgehead atoms. The van der Waals surface area contributed by atoms with Crippen LogP contribution in [0.2, 0.25) is 0 Å². The molecule has 1 saturated heterocycles. The van der Waals surface area contributed by atoms with Gasteiger partial charge in [0.2, 0.25) is 12.0 Å². The van der Waals surface area contributed by atoms with Crippen molar-refractivity contribution >= 4 is 17.6 Å². The van der Waals surface area contributed by atoms with Crippen molar-refractivity contribution in [1.82, 2.24) is 20.4 Å². The Labute approximate surface area is 168 Å². The van der Waals surface area contributed by atoms with Crippen molar-refractivity contribution in [2.24, 2.45) is 0 Å². The summed E-state index contributed by atoms with van der Waals surface area (Å²) in [7, 11) is 0. The number of nitrogens with zero attached hydrogens (tertiary/aromatic N) is 2. The Hall–Kier alpha value is -3.07. The van der Waals surface area contributed by atoms with Gasteiger partial charge < -0.3 is 20.1 Å². The van der Waals surface area contributed by atoms with E-state index in [1.807, 2.05) is 19.1 Å². The number of hydrogen-bond acceptors (Lipinski definition) is 6. The lowest BCUT2D eigenvalue weighted by Crippen LogP contribution is -2.53. The van der Waals surface area contributed by atoms with E-state index in [0.29, 0.717) is 23.7 Å². The van der Waals surface area contributed by atoms with Crippen molar-refractivity contribution < 1.29 is 19.1 Å². The molecular weight excluding hydrogens is 374 g/mol. The number of fused-ring (bicyclic) bond motifs is 1. The molecule has 3 N–H and O–H groups in total. The largest absolute Gasteiger partial charge is 0.485 e. The molecule has 1 aromatic carbocycles. The molecule has 9 heteroatoms. The molecule has 0 radical (unpaired) electrons. The average molecular weight is 399 g/mol. The molecule has 2 aliphatic heterocycles. The van der Waals surface area contributed by atoms with Crippen LogP contribution < -0.4 is 25.4 Å². The molecule has 4 rings (SSSR count). The number of ether oxygens (including phenoxy) is 2. The lowest BCUT2D eigenvalue weighted by molar-refractivity contribution is -0.125. The molecule has 1 fully saturated rings. The monoisotopic (exact) mass is 399 g/mol. The number of aromatic nitrogens is 2. The summed E-state index contributed by atoms with van der Waals surface area (Å²) in [6.45, 7) is 4.03. The van der Waals surface area contributed by atoms with Gasteiger partial charge in [-0.3, -0.25) is 14.9 Å². The molecule has 3 atom stereocenters. The molecule has 0 saturated carbocycles. The Balaban J connectivity index is 1.48. The summed E-state index contributed by atoms with van der Waals surface area (Å²) in [6, 6.07) is 9.06. The molecular formula is C20H25N5O4. The third-order valence-electron chi connectivity index (χ3n) is 4.91. The van der Waals surface area contributed by atoms with Crippen LogP contribution in [0.4, 0.5) is 5.82 Å². The third kappa shape index (κ3) is 4.19. The normalized spacial score (nSPS) is 23.4. The fourth-order valence-electron chi connectivity index (χ4n) is 3.59. The van der Waals surface area contributed by atoms with Crippen LogP contribution in [-0.4, -0.2) is 40.3 Å². The van der Waals surface area contributed by atoms with Gasteiger partial charge in [0.1, 0.15) is 12.4 Å². The second kappa shape index (κ2) is 8.12. The minimum atomic E-state index is -0.782. The third-order valence-corrected chi connectivity index (χ3v) is 4.91. The predicted molar refractivity (Wildman–Crippen MR) is 106 cm³/mol. The zero-order valence-electron chi connectivity index (χ0n) is 16.5. The maximum atomic E-state index is 12.8. The number of amides is 2. The van der Waals surface area contributed by atoms with Gasteiger partial charge in [-0.15, -0.1) is 0 Å². The first-order chi connectivity index (χ1) is 14.0. The van der Waals surface area contributed by atoms with Crippen molar-refractivity contribution in [2.75, 3.05) is 11.9 Å². The van der Waals surface area contributed by atoms with Gasteiger partial charge in [0.25, 0.3) is 5.91 Å². The maximum absolute atomic E-state index is 12.8. The van der Waals surface area contributed by atoms with E-state index in [2.05, 4.69) is 28.0 Å². The molecule has 0 aliphatic carbocycles. The zero-order valence-corrected chi connectivity index (χ0v) is 16.5. The van der Waals surface area contributed by atoms with Crippen molar-refractivity contribution in [3.8, 4) is 11.5 Å². The quantitative estimate of drug-likeness (QED) is 0.707. The van der Waals surface area contributed by atoms with Gasteiger partial charge >= 0.3 is 0 Å². The van der Waals surface area contributed by atoms with E-state index >= 15 is 0 Å². The van der Waals surface area contributed by atoms with Gasteiger partial charge in [0.05, 0.1) is 5.69 Å². The second-order valence-corrected chi connectivity index (χ2v) is 7.30. The number of anilines is 1. The summed E-state index contributed by atoms with van der Waals surface area (Å²) in [6.07, 6.45) is 0.980. The van der Waals surface area contributed by atoms with Crippen LogP contribution in [0.25, 0.3) is 0 Å². The maximum Gasteiger partial charge on any atom is 0.270 e. The molecule has 29 heavy (non-hydrogen) atoms. The van der Waals surface area contributed by atoms with Crippen molar-refractivity contribution in [3.63, 3.8) is 0 Å². The smallest absolute Gasteiger partial charge is 0.270 e. The second-order valence-electron chi connectivity index (χ2n) is 7.30. The number of nitrogens with one attached hydrogen (secondary N) is 3. The summed E-state index contributed by atoms with van der Waals surface area (Å²) < 4.78 is 13.0. The molecule has 9 nitrogen and oxygen atoms in total. The van der Waals surface area contributed by atoms with Crippen LogP contribution in [0, 0.1) is 6.92 Å². The molecule has 3 unspecified atom stereocenters. The summed E-state index contributed by atoms with van der Waals surface area (Å²) in [4.78, 5) is 24.9. The summed E-state index contributed by atoms with van der Waals surface area (Å²) in [5.41, 5.74) is 0.722. The molecule has 154 valence electrons. The molecule has 1 aromatic heterocycles. The Bertz CT molecular complexity index is 912. The van der Waals surface area contributed by atoms with Gasteiger partial charge in [-0.25, -0.2) is 4.68 Å². The molecule has 2 aliphatic rings. The van der Waals surface area contributed by atoms with Crippen LogP contribution >= 0.6 is 0 Å². The van der Waals surface area contributed by atoms with Gasteiger partial charge in [-0.2, -0.15) is 5.10 Å². The van der Waals surface area contributed by atoms with E-state index in [9.17, 15) is 9.59 Å². The lowest BCUT2D eigenvalue weighted by Gasteiger charge is -2.32. The topological polar surface area (TPSA) is 107 Å². The van der Waals surface area contributed by atoms with Gasteiger partial charge in [0, 0.05) is 18.5 Å². The number of hydrogen-bond donors (Lipinski definition) is 3. The fraction of sp³-hybridized carbons (Fsp3) is 0.450. The van der Waals surface area contributed by atoms with Crippen LogP contribution in [0.3, 0.4) is 0 Å². The number of aryl methyl sites for hydroxylation is 1. The van der Waals surface area contributed by atoms with E-state index in [0.717, 1.165) is 18.5 Å². The summed E-state index contributed by atoms with van der Waals surface area (Å²) >= 11 is 0. The molecule has 2 aromatic rings. The van der Waals surface area contributed by atoms with E-state index in [1.54, 1.807) is 22.9 Å². The standard InChI is InChI=1S/C20H25N5O4/c1-3-6-13-10-18(26)23-20(21-13)25-17(9-12(2)24-25)22-19(27)16-11-28-14-7-4-5-8-15(14)29-16/h4-5,7-9,13,16,20-21H,3,6,10-11H2,1-2H3,(H,22,27)(H,23,26). The number of carbonyl (C=O) groups is 2. The number of benzene rings is 1. The van der Waals surface area contributed by atoms with E-state index in [1.165, 1.54) is 0 Å². The highest BCUT2D eigenvalue weighted by Crippen LogP contribution is 2.31. The van der Waals surface area contributed by atoms with Crippen molar-refractivity contribution in [1.29, 1.82) is 0 Å². The van der Waals surface area contributed by atoms with Crippen LogP contribution in [0.1, 0.15) is 38.2 Å². The minimum absolute atomic E-state index is 0.0433. The van der Waals surface area contributed by atoms with Gasteiger partial charge in [-0.1, -0.05) is 25.5 Å². The first-order valence-corrected chi connectivity index (χ1v) is 9.84. The SMILES string of the molecule is CCCC1CC(=O)NC(n2nc(C)cc2NC(=O)C2COc3ccccc3O2)N1. The first kappa shape index (κ1) is 19.3. The number of carbonyl (C=O) groups excluding carboxylic acids is 2.